The lowest BCUT2D eigenvalue weighted by atomic mass is 10.1. The Morgan fingerprint density at radius 3 is 3.00 bits per heavy atom. The molecule has 0 saturated carbocycles. The van der Waals surface area contributed by atoms with Crippen LogP contribution in [0.3, 0.4) is 0 Å². The molecule has 0 radical (unpaired) electrons. The molecule has 2 aromatic heterocycles. The Balaban J connectivity index is 1.58. The summed E-state index contributed by atoms with van der Waals surface area (Å²) in [6.07, 6.45) is 2.24. The minimum Gasteiger partial charge on any atom is -0.347 e. The SMILES string of the molecule is NC[C@H](Cc1cccc(F)c1)NC(=O)c1cc2c(s1)C(=O)CCn1ncc(Cl)c1-2. The van der Waals surface area contributed by atoms with Crippen LogP contribution >= 0.6 is 22.9 Å². The van der Waals surface area contributed by atoms with Crippen LogP contribution < -0.4 is 11.1 Å². The van der Waals surface area contributed by atoms with Gasteiger partial charge in [0, 0.05) is 31.1 Å². The third-order valence-electron chi connectivity index (χ3n) is 4.80. The van der Waals surface area contributed by atoms with Gasteiger partial charge in [-0.05, 0) is 30.2 Å². The summed E-state index contributed by atoms with van der Waals surface area (Å²) in [5.41, 5.74) is 7.83. The number of fused-ring (bicyclic) bond motifs is 3. The third-order valence-corrected chi connectivity index (χ3v) is 6.25. The molecular weight excluding hydrogens is 415 g/mol. The van der Waals surface area contributed by atoms with Crippen molar-refractivity contribution >= 4 is 34.6 Å². The number of nitrogens with one attached hydrogen (secondary N) is 1. The Hall–Kier alpha value is -2.55. The molecule has 1 aliphatic rings. The number of hydrogen-bond acceptors (Lipinski definition) is 5. The number of aryl methyl sites for hydroxylation is 1. The van der Waals surface area contributed by atoms with E-state index in [0.717, 1.165) is 16.9 Å². The molecule has 0 bridgehead atoms. The molecule has 0 unspecified atom stereocenters. The van der Waals surface area contributed by atoms with Crippen molar-refractivity contribution in [2.24, 2.45) is 5.73 Å². The summed E-state index contributed by atoms with van der Waals surface area (Å²) in [5, 5.41) is 7.53. The summed E-state index contributed by atoms with van der Waals surface area (Å²) < 4.78 is 15.1. The van der Waals surface area contributed by atoms with Crippen LogP contribution in [0.4, 0.5) is 4.39 Å². The highest BCUT2D eigenvalue weighted by Crippen LogP contribution is 2.38. The number of halogens is 2. The van der Waals surface area contributed by atoms with E-state index in [4.69, 9.17) is 17.3 Å². The van der Waals surface area contributed by atoms with Gasteiger partial charge in [0.25, 0.3) is 5.91 Å². The van der Waals surface area contributed by atoms with Gasteiger partial charge in [-0.3, -0.25) is 14.3 Å². The quantitative estimate of drug-likeness (QED) is 0.647. The van der Waals surface area contributed by atoms with Gasteiger partial charge in [0.1, 0.15) is 5.82 Å². The van der Waals surface area contributed by atoms with Crippen LogP contribution in [0, 0.1) is 5.82 Å². The summed E-state index contributed by atoms with van der Waals surface area (Å²) in [4.78, 5) is 26.2. The molecule has 4 rings (SSSR count). The van der Waals surface area contributed by atoms with Gasteiger partial charge < -0.3 is 11.1 Å². The fraction of sp³-hybridized carbons (Fsp3) is 0.250. The van der Waals surface area contributed by atoms with Crippen molar-refractivity contribution in [3.63, 3.8) is 0 Å². The first-order valence-corrected chi connectivity index (χ1v) is 10.3. The van der Waals surface area contributed by atoms with Gasteiger partial charge in [-0.15, -0.1) is 11.3 Å². The average molecular weight is 433 g/mol. The molecule has 9 heteroatoms. The topological polar surface area (TPSA) is 90.0 Å². The van der Waals surface area contributed by atoms with Crippen molar-refractivity contribution in [1.29, 1.82) is 0 Å². The maximum Gasteiger partial charge on any atom is 0.261 e. The van der Waals surface area contributed by atoms with Crippen LogP contribution in [0.25, 0.3) is 11.3 Å². The third kappa shape index (κ3) is 3.96. The van der Waals surface area contributed by atoms with E-state index in [1.54, 1.807) is 22.9 Å². The number of benzene rings is 1. The van der Waals surface area contributed by atoms with Crippen molar-refractivity contribution in [2.75, 3.05) is 6.54 Å². The van der Waals surface area contributed by atoms with Crippen LogP contribution in [0.15, 0.2) is 36.5 Å². The van der Waals surface area contributed by atoms with Crippen molar-refractivity contribution in [2.45, 2.75) is 25.4 Å². The molecule has 0 fully saturated rings. The lowest BCUT2D eigenvalue weighted by molar-refractivity contribution is 0.0941. The van der Waals surface area contributed by atoms with E-state index in [1.165, 1.54) is 18.3 Å². The van der Waals surface area contributed by atoms with Crippen LogP contribution in [-0.2, 0) is 13.0 Å². The molecule has 1 aromatic carbocycles. The molecule has 3 heterocycles. The second-order valence-corrected chi connectivity index (χ2v) is 8.29. The highest BCUT2D eigenvalue weighted by molar-refractivity contribution is 7.16. The smallest absolute Gasteiger partial charge is 0.261 e. The van der Waals surface area contributed by atoms with E-state index < -0.39 is 0 Å². The normalized spacial score (nSPS) is 14.1. The molecular formula is C20H18ClFN4O2S. The maximum atomic E-state index is 13.4. The molecule has 3 aromatic rings. The zero-order valence-electron chi connectivity index (χ0n) is 15.3. The van der Waals surface area contributed by atoms with Gasteiger partial charge in [-0.25, -0.2) is 4.39 Å². The van der Waals surface area contributed by atoms with Crippen LogP contribution in [0.5, 0.6) is 0 Å². The Kier molecular flexibility index (Phi) is 5.49. The second kappa shape index (κ2) is 8.06. The minimum absolute atomic E-state index is 0.0410. The van der Waals surface area contributed by atoms with Gasteiger partial charge >= 0.3 is 0 Å². The van der Waals surface area contributed by atoms with Crippen LogP contribution in [-0.4, -0.2) is 34.1 Å². The van der Waals surface area contributed by atoms with Gasteiger partial charge in [-0.1, -0.05) is 23.7 Å². The summed E-state index contributed by atoms with van der Waals surface area (Å²) in [5.74, 6) is -0.704. The number of carbonyl (C=O) groups is 2. The zero-order chi connectivity index (χ0) is 20.5. The Morgan fingerprint density at radius 2 is 2.24 bits per heavy atom. The maximum absolute atomic E-state index is 13.4. The average Bonchev–Trinajstić information content (AvgIpc) is 3.26. The summed E-state index contributed by atoms with van der Waals surface area (Å²) in [6, 6.07) is 7.50. The van der Waals surface area contributed by atoms with E-state index in [9.17, 15) is 14.0 Å². The molecule has 0 aliphatic carbocycles. The first-order valence-electron chi connectivity index (χ1n) is 9.10. The van der Waals surface area contributed by atoms with Crippen molar-refractivity contribution in [3.05, 3.63) is 62.7 Å². The van der Waals surface area contributed by atoms with E-state index in [-0.39, 0.29) is 30.1 Å². The number of nitrogens with two attached hydrogens (primary N) is 1. The molecule has 1 aliphatic heterocycles. The van der Waals surface area contributed by atoms with Gasteiger partial charge in [0.15, 0.2) is 5.78 Å². The predicted octanol–water partition coefficient (Wildman–Crippen LogP) is 3.29. The summed E-state index contributed by atoms with van der Waals surface area (Å²) in [7, 11) is 0. The number of Topliss-reactive ketones (excluding diaryl/α,β-unsaturated/α-hetero) is 1. The lowest BCUT2D eigenvalue weighted by Crippen LogP contribution is -2.41. The fourth-order valence-corrected chi connectivity index (χ4v) is 4.68. The molecule has 6 nitrogen and oxygen atoms in total. The molecule has 0 saturated heterocycles. The van der Waals surface area contributed by atoms with E-state index in [0.29, 0.717) is 45.4 Å². The van der Waals surface area contributed by atoms with Crippen molar-refractivity contribution in [3.8, 4) is 11.3 Å². The largest absolute Gasteiger partial charge is 0.347 e. The van der Waals surface area contributed by atoms with E-state index in [1.807, 2.05) is 0 Å². The van der Waals surface area contributed by atoms with Crippen LogP contribution in [0.1, 0.15) is 31.3 Å². The first kappa shape index (κ1) is 19.8. The molecule has 1 atom stereocenters. The van der Waals surface area contributed by atoms with Crippen molar-refractivity contribution in [1.82, 2.24) is 15.1 Å². The zero-order valence-corrected chi connectivity index (χ0v) is 16.9. The number of hydrogen-bond donors (Lipinski definition) is 2. The number of aromatic nitrogens is 2. The first-order chi connectivity index (χ1) is 14.0. The predicted molar refractivity (Wildman–Crippen MR) is 110 cm³/mol. The molecule has 150 valence electrons. The summed E-state index contributed by atoms with van der Waals surface area (Å²) >= 11 is 7.41. The lowest BCUT2D eigenvalue weighted by Gasteiger charge is -2.16. The van der Waals surface area contributed by atoms with Gasteiger partial charge in [0.2, 0.25) is 0 Å². The number of nitrogens with zero attached hydrogens (tertiary/aromatic N) is 2. The van der Waals surface area contributed by atoms with E-state index >= 15 is 0 Å². The number of rotatable bonds is 5. The highest BCUT2D eigenvalue weighted by Gasteiger charge is 2.28. The number of thiophene rings is 1. The highest BCUT2D eigenvalue weighted by atomic mass is 35.5. The molecule has 0 spiro atoms. The molecule has 3 N–H and O–H groups in total. The van der Waals surface area contributed by atoms with E-state index in [2.05, 4.69) is 10.4 Å². The Bertz CT molecular complexity index is 1090. The van der Waals surface area contributed by atoms with Gasteiger partial charge in [0.05, 0.1) is 26.7 Å². The number of ketones is 1. The summed E-state index contributed by atoms with van der Waals surface area (Å²) in [6.45, 7) is 0.650. The molecule has 1 amide bonds. The Labute approximate surface area is 175 Å². The number of carbonyl (C=O) groups excluding carboxylic acids is 2. The van der Waals surface area contributed by atoms with Crippen LogP contribution in [0.2, 0.25) is 5.02 Å². The monoisotopic (exact) mass is 432 g/mol. The van der Waals surface area contributed by atoms with Crippen molar-refractivity contribution < 1.29 is 14.0 Å². The standard InChI is InChI=1S/C20H18ClFN4O2S/c21-15-10-24-26-5-4-16(27)19-14(18(15)26)8-17(29-19)20(28)25-13(9-23)7-11-2-1-3-12(22)6-11/h1-3,6,8,10,13H,4-5,7,9,23H2,(H,25,28)/t13-/m0/s1. The Morgan fingerprint density at radius 1 is 1.41 bits per heavy atom. The minimum atomic E-state index is -0.365. The fourth-order valence-electron chi connectivity index (χ4n) is 3.40. The molecule has 29 heavy (non-hydrogen) atoms. The van der Waals surface area contributed by atoms with Gasteiger partial charge in [-0.2, -0.15) is 5.10 Å². The number of amides is 1. The second-order valence-electron chi connectivity index (χ2n) is 6.83.